The fourth-order valence-electron chi connectivity index (χ4n) is 3.93. The second-order valence-corrected chi connectivity index (χ2v) is 5.99. The average molecular weight is 268 g/mol. The molecule has 1 saturated heterocycles. The number of fused-ring (bicyclic) bond motifs is 6. The Hall–Kier alpha value is -1.74. The third-order valence-electron chi connectivity index (χ3n) is 4.92. The van der Waals surface area contributed by atoms with Gasteiger partial charge in [-0.05, 0) is 38.4 Å². The number of rotatable bonds is 1. The van der Waals surface area contributed by atoms with Crippen molar-refractivity contribution in [2.24, 2.45) is 5.92 Å². The first kappa shape index (κ1) is 12.0. The van der Waals surface area contributed by atoms with Crippen LogP contribution in [0.1, 0.15) is 30.1 Å². The molecule has 20 heavy (non-hydrogen) atoms. The van der Waals surface area contributed by atoms with Gasteiger partial charge in [-0.15, -0.1) is 0 Å². The van der Waals surface area contributed by atoms with Crippen LogP contribution >= 0.6 is 0 Å². The van der Waals surface area contributed by atoms with Gasteiger partial charge in [-0.1, -0.05) is 18.2 Å². The second-order valence-electron chi connectivity index (χ2n) is 5.99. The number of aromatic nitrogens is 1. The summed E-state index contributed by atoms with van der Waals surface area (Å²) in [4.78, 5) is 6.12. The van der Waals surface area contributed by atoms with Crippen LogP contribution in [0.25, 0.3) is 16.5 Å². The van der Waals surface area contributed by atoms with Crippen molar-refractivity contribution in [2.75, 3.05) is 20.7 Å². The van der Waals surface area contributed by atoms with E-state index in [1.165, 1.54) is 40.6 Å². The van der Waals surface area contributed by atoms with Gasteiger partial charge < -0.3 is 9.72 Å². The minimum atomic E-state index is 0.536. The quantitative estimate of drug-likeness (QED) is 0.801. The number of piperidine rings is 1. The SMILES string of the molecule is CO/C=C1\c2[nH]c3ccccc3c2[C@@H]2C[C@H]1CCN2C. The van der Waals surface area contributed by atoms with Crippen molar-refractivity contribution in [1.82, 2.24) is 9.88 Å². The van der Waals surface area contributed by atoms with E-state index in [2.05, 4.69) is 41.2 Å². The van der Waals surface area contributed by atoms with Gasteiger partial charge in [0.1, 0.15) is 0 Å². The van der Waals surface area contributed by atoms with Crippen LogP contribution in [0.15, 0.2) is 30.5 Å². The smallest absolute Gasteiger partial charge is 0.0880 e. The Morgan fingerprint density at radius 2 is 2.20 bits per heavy atom. The van der Waals surface area contributed by atoms with Crippen LogP contribution in [0.4, 0.5) is 0 Å². The molecule has 0 amide bonds. The Balaban J connectivity index is 2.01. The van der Waals surface area contributed by atoms with Crippen molar-refractivity contribution >= 4 is 16.5 Å². The largest absolute Gasteiger partial charge is 0.504 e. The third kappa shape index (κ3) is 1.56. The average Bonchev–Trinajstić information content (AvgIpc) is 2.85. The molecule has 104 valence electrons. The summed E-state index contributed by atoms with van der Waals surface area (Å²) >= 11 is 0. The molecular weight excluding hydrogens is 248 g/mol. The van der Waals surface area contributed by atoms with Gasteiger partial charge in [-0.3, -0.25) is 4.90 Å². The maximum absolute atomic E-state index is 5.36. The number of hydrogen-bond donors (Lipinski definition) is 1. The summed E-state index contributed by atoms with van der Waals surface area (Å²) in [7, 11) is 3.99. The molecular formula is C17H20N2O. The van der Waals surface area contributed by atoms with Crippen LogP contribution in [-0.2, 0) is 4.74 Å². The van der Waals surface area contributed by atoms with Gasteiger partial charge in [0.25, 0.3) is 0 Å². The van der Waals surface area contributed by atoms with Gasteiger partial charge in [0.2, 0.25) is 0 Å². The predicted molar refractivity (Wildman–Crippen MR) is 81.4 cm³/mol. The summed E-state index contributed by atoms with van der Waals surface area (Å²) in [5, 5.41) is 1.36. The fraction of sp³-hybridized carbons (Fsp3) is 0.412. The minimum absolute atomic E-state index is 0.536. The number of allylic oxidation sites excluding steroid dienone is 1. The number of ether oxygens (including phenoxy) is 1. The molecule has 0 spiro atoms. The van der Waals surface area contributed by atoms with Crippen LogP contribution in [0.5, 0.6) is 0 Å². The third-order valence-corrected chi connectivity index (χ3v) is 4.92. The summed E-state index contributed by atoms with van der Waals surface area (Å²) in [6, 6.07) is 9.17. The molecule has 1 aliphatic heterocycles. The highest BCUT2D eigenvalue weighted by Crippen LogP contribution is 2.49. The zero-order valence-electron chi connectivity index (χ0n) is 12.0. The Bertz CT molecular complexity index is 685. The van der Waals surface area contributed by atoms with Crippen molar-refractivity contribution in [2.45, 2.75) is 18.9 Å². The van der Waals surface area contributed by atoms with Gasteiger partial charge in [0, 0.05) is 28.1 Å². The van der Waals surface area contributed by atoms with E-state index in [0.717, 1.165) is 6.54 Å². The number of aromatic amines is 1. The van der Waals surface area contributed by atoms with E-state index < -0.39 is 0 Å². The first-order valence-corrected chi connectivity index (χ1v) is 7.33. The van der Waals surface area contributed by atoms with E-state index in [1.54, 1.807) is 7.11 Å². The molecule has 4 rings (SSSR count). The summed E-state index contributed by atoms with van der Waals surface area (Å²) < 4.78 is 5.36. The molecule has 2 aromatic rings. The van der Waals surface area contributed by atoms with Gasteiger partial charge in [0.05, 0.1) is 19.1 Å². The monoisotopic (exact) mass is 268 g/mol. The zero-order valence-corrected chi connectivity index (χ0v) is 12.0. The van der Waals surface area contributed by atoms with E-state index >= 15 is 0 Å². The van der Waals surface area contributed by atoms with Crippen LogP contribution in [-0.4, -0.2) is 30.6 Å². The molecule has 2 bridgehead atoms. The molecule has 2 aliphatic rings. The summed E-state index contributed by atoms with van der Waals surface area (Å²) in [6.07, 6.45) is 4.37. The van der Waals surface area contributed by atoms with E-state index in [1.807, 2.05) is 6.26 Å². The number of hydrogen-bond acceptors (Lipinski definition) is 2. The number of methoxy groups -OCH3 is 1. The number of nitrogens with zero attached hydrogens (tertiary/aromatic N) is 1. The lowest BCUT2D eigenvalue weighted by Crippen LogP contribution is -2.37. The van der Waals surface area contributed by atoms with E-state index in [0.29, 0.717) is 12.0 Å². The van der Waals surface area contributed by atoms with Crippen LogP contribution in [0.3, 0.4) is 0 Å². The van der Waals surface area contributed by atoms with Gasteiger partial charge >= 0.3 is 0 Å². The molecule has 3 nitrogen and oxygen atoms in total. The molecule has 3 heteroatoms. The van der Waals surface area contributed by atoms with Gasteiger partial charge in [-0.2, -0.15) is 0 Å². The van der Waals surface area contributed by atoms with Crippen molar-refractivity contribution in [3.05, 3.63) is 41.8 Å². The minimum Gasteiger partial charge on any atom is -0.504 e. The first-order chi connectivity index (χ1) is 9.79. The lowest BCUT2D eigenvalue weighted by Gasteiger charge is -2.42. The number of nitrogens with one attached hydrogen (secondary N) is 1. The first-order valence-electron chi connectivity index (χ1n) is 7.33. The molecule has 1 fully saturated rings. The van der Waals surface area contributed by atoms with E-state index in [4.69, 9.17) is 4.74 Å². The van der Waals surface area contributed by atoms with Gasteiger partial charge in [0.15, 0.2) is 0 Å². The highest BCUT2D eigenvalue weighted by Gasteiger charge is 2.39. The molecule has 0 unspecified atom stereocenters. The highest BCUT2D eigenvalue weighted by molar-refractivity contribution is 5.91. The summed E-state index contributed by atoms with van der Waals surface area (Å²) in [5.41, 5.74) is 5.34. The molecule has 1 aromatic carbocycles. The molecule has 0 saturated carbocycles. The Kier molecular flexibility index (Phi) is 2.64. The Morgan fingerprint density at radius 3 is 3.05 bits per heavy atom. The molecule has 1 N–H and O–H groups in total. The molecule has 2 heterocycles. The number of H-pyrrole nitrogens is 1. The summed E-state index contributed by atoms with van der Waals surface area (Å²) in [5.74, 6) is 0.622. The van der Waals surface area contributed by atoms with Crippen LogP contribution in [0.2, 0.25) is 0 Å². The predicted octanol–water partition coefficient (Wildman–Crippen LogP) is 3.55. The Morgan fingerprint density at radius 1 is 1.35 bits per heavy atom. The van der Waals surface area contributed by atoms with E-state index in [9.17, 15) is 0 Å². The highest BCUT2D eigenvalue weighted by atomic mass is 16.5. The van der Waals surface area contributed by atoms with Crippen LogP contribution in [0, 0.1) is 5.92 Å². The zero-order chi connectivity index (χ0) is 13.7. The Labute approximate surface area is 119 Å². The lowest BCUT2D eigenvalue weighted by molar-refractivity contribution is 0.157. The number of likely N-dealkylation sites (tertiary alicyclic amines) is 1. The van der Waals surface area contributed by atoms with Crippen LogP contribution < -0.4 is 0 Å². The number of benzene rings is 1. The van der Waals surface area contributed by atoms with Crippen molar-refractivity contribution < 1.29 is 4.74 Å². The molecule has 0 radical (unpaired) electrons. The standard InChI is InChI=1S/C17H20N2O/c1-19-8-7-11-9-15(19)16-12-5-3-4-6-14(12)18-17(16)13(11)10-20-2/h3-6,10-11,15,18H,7-9H2,1-2H3/b13-10-/t11-,15+/m1/s1. The molecule has 2 atom stereocenters. The maximum Gasteiger partial charge on any atom is 0.0880 e. The summed E-state index contributed by atoms with van der Waals surface area (Å²) in [6.45, 7) is 1.16. The van der Waals surface area contributed by atoms with Crippen molar-refractivity contribution in [3.63, 3.8) is 0 Å². The van der Waals surface area contributed by atoms with Crippen molar-refractivity contribution in [3.8, 4) is 0 Å². The van der Waals surface area contributed by atoms with E-state index in [-0.39, 0.29) is 0 Å². The van der Waals surface area contributed by atoms with Crippen molar-refractivity contribution in [1.29, 1.82) is 0 Å². The number of para-hydroxylation sites is 1. The second kappa shape index (κ2) is 4.38. The molecule has 1 aromatic heterocycles. The van der Waals surface area contributed by atoms with Gasteiger partial charge in [-0.25, -0.2) is 0 Å². The lowest BCUT2D eigenvalue weighted by atomic mass is 9.75. The molecule has 1 aliphatic carbocycles. The maximum atomic E-state index is 5.36. The fourth-order valence-corrected chi connectivity index (χ4v) is 3.93. The topological polar surface area (TPSA) is 28.3 Å². The normalized spacial score (nSPS) is 27.8.